The maximum atomic E-state index is 13.2. The molecule has 5 rings (SSSR count). The molecule has 126 valence electrons. The van der Waals surface area contributed by atoms with Crippen molar-refractivity contribution in [3.63, 3.8) is 0 Å². The number of hydrogen-bond donors (Lipinski definition) is 1. The van der Waals surface area contributed by atoms with Gasteiger partial charge < -0.3 is 9.88 Å². The number of amides is 1. The molecule has 0 unspecified atom stereocenters. The van der Waals surface area contributed by atoms with Gasteiger partial charge in [0.05, 0.1) is 17.4 Å². The molecule has 2 aromatic carbocycles. The van der Waals surface area contributed by atoms with Gasteiger partial charge in [0.1, 0.15) is 0 Å². The number of piperidine rings is 1. The molecule has 1 saturated heterocycles. The third kappa shape index (κ3) is 2.36. The van der Waals surface area contributed by atoms with Gasteiger partial charge in [-0.05, 0) is 55.0 Å². The number of imidazole rings is 1. The Kier molecular flexibility index (Phi) is 3.37. The van der Waals surface area contributed by atoms with Crippen LogP contribution in [0.5, 0.6) is 0 Å². The number of aromatic amines is 1. The van der Waals surface area contributed by atoms with Crippen molar-refractivity contribution in [1.29, 1.82) is 0 Å². The molecule has 0 spiro atoms. The number of benzene rings is 2. The Morgan fingerprint density at radius 3 is 3.04 bits per heavy atom. The third-order valence-corrected chi connectivity index (χ3v) is 5.87. The highest BCUT2D eigenvalue weighted by molar-refractivity contribution is 5.97. The van der Waals surface area contributed by atoms with E-state index in [1.165, 1.54) is 17.5 Å². The Hall–Kier alpha value is -2.62. The van der Waals surface area contributed by atoms with E-state index in [-0.39, 0.29) is 5.91 Å². The van der Waals surface area contributed by atoms with Crippen LogP contribution < -0.4 is 0 Å². The van der Waals surface area contributed by atoms with Crippen molar-refractivity contribution < 1.29 is 4.79 Å². The summed E-state index contributed by atoms with van der Waals surface area (Å²) in [6.07, 6.45) is 6.08. The van der Waals surface area contributed by atoms with Crippen molar-refractivity contribution in [3.8, 4) is 0 Å². The first kappa shape index (κ1) is 14.7. The number of nitrogens with zero attached hydrogens (tertiary/aromatic N) is 2. The predicted octanol–water partition coefficient (Wildman–Crippen LogP) is 3.90. The van der Waals surface area contributed by atoms with E-state index in [2.05, 4.69) is 39.1 Å². The number of H-pyrrole nitrogens is 1. The molecular weight excluding hydrogens is 310 g/mol. The van der Waals surface area contributed by atoms with Gasteiger partial charge in [-0.2, -0.15) is 0 Å². The smallest absolute Gasteiger partial charge is 0.254 e. The predicted molar refractivity (Wildman–Crippen MR) is 97.7 cm³/mol. The number of fused-ring (bicyclic) bond motifs is 4. The third-order valence-electron chi connectivity index (χ3n) is 5.87. The Balaban J connectivity index is 1.48. The second-order valence-corrected chi connectivity index (χ2v) is 7.19. The fourth-order valence-corrected chi connectivity index (χ4v) is 4.69. The zero-order valence-corrected chi connectivity index (χ0v) is 14.1. The molecule has 1 fully saturated rings. The van der Waals surface area contributed by atoms with Crippen LogP contribution in [-0.2, 0) is 6.42 Å². The van der Waals surface area contributed by atoms with Crippen LogP contribution >= 0.6 is 0 Å². The molecule has 3 aromatic rings. The number of carbonyl (C=O) groups is 1. The number of aryl methyl sites for hydroxylation is 1. The highest BCUT2D eigenvalue weighted by Gasteiger charge is 2.38. The maximum absolute atomic E-state index is 13.2. The minimum Gasteiger partial charge on any atom is -0.345 e. The quantitative estimate of drug-likeness (QED) is 0.735. The van der Waals surface area contributed by atoms with Gasteiger partial charge in [0.2, 0.25) is 0 Å². The highest BCUT2D eigenvalue weighted by atomic mass is 16.2. The van der Waals surface area contributed by atoms with Crippen molar-refractivity contribution in [3.05, 3.63) is 65.5 Å². The Labute approximate surface area is 146 Å². The lowest BCUT2D eigenvalue weighted by atomic mass is 9.74. The molecule has 0 bridgehead atoms. The lowest BCUT2D eigenvalue weighted by Gasteiger charge is -2.45. The minimum absolute atomic E-state index is 0.158. The summed E-state index contributed by atoms with van der Waals surface area (Å²) in [5.74, 6) is 0.643. The van der Waals surface area contributed by atoms with Crippen LogP contribution in [0.2, 0.25) is 0 Å². The van der Waals surface area contributed by atoms with Crippen molar-refractivity contribution in [1.82, 2.24) is 14.9 Å². The van der Waals surface area contributed by atoms with E-state index in [0.717, 1.165) is 42.4 Å². The largest absolute Gasteiger partial charge is 0.345 e. The van der Waals surface area contributed by atoms with E-state index in [4.69, 9.17) is 0 Å². The molecule has 0 saturated carbocycles. The van der Waals surface area contributed by atoms with E-state index >= 15 is 0 Å². The summed E-state index contributed by atoms with van der Waals surface area (Å²) in [5, 5.41) is 0. The number of rotatable bonds is 1. The normalized spacial score (nSPS) is 22.5. The summed E-state index contributed by atoms with van der Waals surface area (Å²) in [5.41, 5.74) is 5.52. The van der Waals surface area contributed by atoms with Gasteiger partial charge in [0, 0.05) is 24.1 Å². The average Bonchev–Trinajstić information content (AvgIpc) is 3.14. The van der Waals surface area contributed by atoms with Crippen molar-refractivity contribution >= 4 is 16.9 Å². The average molecular weight is 331 g/mol. The molecular formula is C21H21N3O. The van der Waals surface area contributed by atoms with Crippen molar-refractivity contribution in [2.45, 2.75) is 37.6 Å². The van der Waals surface area contributed by atoms with Gasteiger partial charge in [-0.1, -0.05) is 24.3 Å². The van der Waals surface area contributed by atoms with Crippen LogP contribution in [0.1, 0.15) is 46.7 Å². The lowest BCUT2D eigenvalue weighted by Crippen LogP contribution is -2.49. The first-order valence-electron chi connectivity index (χ1n) is 9.13. The Morgan fingerprint density at radius 1 is 1.16 bits per heavy atom. The molecule has 4 heteroatoms. The number of hydrogen-bond acceptors (Lipinski definition) is 2. The summed E-state index contributed by atoms with van der Waals surface area (Å²) < 4.78 is 0. The molecule has 2 heterocycles. The van der Waals surface area contributed by atoms with Gasteiger partial charge in [0.15, 0.2) is 0 Å². The van der Waals surface area contributed by atoms with E-state index in [9.17, 15) is 4.79 Å². The molecule has 4 nitrogen and oxygen atoms in total. The summed E-state index contributed by atoms with van der Waals surface area (Å²) in [7, 11) is 0. The molecule has 1 N–H and O–H groups in total. The van der Waals surface area contributed by atoms with Crippen LogP contribution in [0, 0.1) is 0 Å². The van der Waals surface area contributed by atoms with Crippen molar-refractivity contribution in [2.24, 2.45) is 0 Å². The molecule has 0 radical (unpaired) electrons. The summed E-state index contributed by atoms with van der Waals surface area (Å²) in [4.78, 5) is 22.7. The molecule has 1 aliphatic carbocycles. The van der Waals surface area contributed by atoms with Gasteiger partial charge in [-0.15, -0.1) is 0 Å². The number of carbonyl (C=O) groups excluding carboxylic acids is 1. The molecule has 25 heavy (non-hydrogen) atoms. The number of aromatic nitrogens is 2. The fourth-order valence-electron chi connectivity index (χ4n) is 4.69. The summed E-state index contributed by atoms with van der Waals surface area (Å²) in [6.45, 7) is 0.864. The molecule has 2 aliphatic rings. The van der Waals surface area contributed by atoms with Crippen LogP contribution in [0.4, 0.5) is 0 Å². The summed E-state index contributed by atoms with van der Waals surface area (Å²) in [6, 6.07) is 14.9. The van der Waals surface area contributed by atoms with Gasteiger partial charge in [0.25, 0.3) is 5.91 Å². The van der Waals surface area contributed by atoms with E-state index in [1.54, 1.807) is 6.33 Å². The van der Waals surface area contributed by atoms with Gasteiger partial charge >= 0.3 is 0 Å². The van der Waals surface area contributed by atoms with Crippen LogP contribution in [0.25, 0.3) is 11.0 Å². The topological polar surface area (TPSA) is 49.0 Å². The highest BCUT2D eigenvalue weighted by Crippen LogP contribution is 2.41. The SMILES string of the molecule is O=C(c1ccc2nc[nH]c2c1)N1CCC[C@@H]2c3ccccc3CC[C@@H]21. The Morgan fingerprint density at radius 2 is 2.08 bits per heavy atom. The zero-order chi connectivity index (χ0) is 16.8. The van der Waals surface area contributed by atoms with Crippen LogP contribution in [0.3, 0.4) is 0 Å². The molecule has 2 atom stereocenters. The molecule has 1 aromatic heterocycles. The number of likely N-dealkylation sites (tertiary alicyclic amines) is 1. The second-order valence-electron chi connectivity index (χ2n) is 7.19. The van der Waals surface area contributed by atoms with E-state index < -0.39 is 0 Å². The van der Waals surface area contributed by atoms with Crippen LogP contribution in [-0.4, -0.2) is 33.4 Å². The van der Waals surface area contributed by atoms with Crippen LogP contribution in [0.15, 0.2) is 48.8 Å². The molecule has 1 aliphatic heterocycles. The number of nitrogens with one attached hydrogen (secondary N) is 1. The Bertz CT molecular complexity index is 945. The van der Waals surface area contributed by atoms with Gasteiger partial charge in [-0.25, -0.2) is 4.98 Å². The molecule has 1 amide bonds. The van der Waals surface area contributed by atoms with Crippen molar-refractivity contribution in [2.75, 3.05) is 6.54 Å². The standard InChI is InChI=1S/C21H21N3O/c25-21(15-7-9-18-19(12-15)23-13-22-18)24-11-3-6-17-16-5-2-1-4-14(16)8-10-20(17)24/h1-2,4-5,7,9,12-13,17,20H,3,6,8,10-11H2,(H,22,23)/t17-,20+/m1/s1. The second kappa shape index (κ2) is 5.73. The maximum Gasteiger partial charge on any atom is 0.254 e. The fraction of sp³-hybridized carbons (Fsp3) is 0.333. The summed E-state index contributed by atoms with van der Waals surface area (Å²) >= 11 is 0. The van der Waals surface area contributed by atoms with E-state index in [1.807, 2.05) is 18.2 Å². The zero-order valence-electron chi connectivity index (χ0n) is 14.1. The minimum atomic E-state index is 0.158. The van der Waals surface area contributed by atoms with E-state index in [0.29, 0.717) is 12.0 Å². The first-order valence-corrected chi connectivity index (χ1v) is 9.13. The monoisotopic (exact) mass is 331 g/mol. The first-order chi connectivity index (χ1) is 12.3. The lowest BCUT2D eigenvalue weighted by molar-refractivity contribution is 0.0547. The van der Waals surface area contributed by atoms with Gasteiger partial charge in [-0.3, -0.25) is 4.79 Å².